The molecule has 1 aromatic heterocycles. The maximum atomic E-state index is 13.9. The third kappa shape index (κ3) is 4.85. The Morgan fingerprint density at radius 3 is 2.55 bits per heavy atom. The Morgan fingerprint density at radius 1 is 1.27 bits per heavy atom. The fourth-order valence-corrected chi connectivity index (χ4v) is 4.88. The first-order chi connectivity index (χ1) is 15.6. The summed E-state index contributed by atoms with van der Waals surface area (Å²) in [4.78, 5) is 26.8. The molecule has 0 radical (unpaired) electrons. The highest BCUT2D eigenvalue weighted by molar-refractivity contribution is 7.98. The standard InChI is InChI=1S/C21H23ClF3N5O2S/c1-33-11-6-16-18(31)28-20(27-16)7-9-29(10-8-20)19(32)15-12-26-30(17(15)21(23,24)25)14-4-2-13(22)3-5-14/h2-5,12,16,27H,6-11H2,1H3,(H,28,31). The molecule has 12 heteroatoms. The van der Waals surface area contributed by atoms with Gasteiger partial charge in [0, 0.05) is 31.0 Å². The lowest BCUT2D eigenvalue weighted by Gasteiger charge is -2.39. The molecule has 0 aliphatic carbocycles. The second kappa shape index (κ2) is 9.19. The Balaban J connectivity index is 1.52. The van der Waals surface area contributed by atoms with Gasteiger partial charge in [0.2, 0.25) is 5.91 Å². The molecule has 1 spiro atoms. The van der Waals surface area contributed by atoms with Crippen molar-refractivity contribution in [3.05, 3.63) is 46.7 Å². The molecule has 1 unspecified atom stereocenters. The minimum Gasteiger partial charge on any atom is -0.338 e. The Bertz CT molecular complexity index is 1040. The van der Waals surface area contributed by atoms with E-state index in [4.69, 9.17) is 11.6 Å². The molecule has 2 aliphatic heterocycles. The first-order valence-electron chi connectivity index (χ1n) is 10.4. The van der Waals surface area contributed by atoms with E-state index in [-0.39, 0.29) is 30.7 Å². The summed E-state index contributed by atoms with van der Waals surface area (Å²) < 4.78 is 42.6. The predicted molar refractivity (Wildman–Crippen MR) is 120 cm³/mol. The molecule has 1 aromatic carbocycles. The summed E-state index contributed by atoms with van der Waals surface area (Å²) in [5.74, 6) is 0.0249. The molecule has 2 fully saturated rings. The zero-order valence-electron chi connectivity index (χ0n) is 17.8. The maximum Gasteiger partial charge on any atom is 0.434 e. The number of amides is 2. The van der Waals surface area contributed by atoms with Crippen LogP contribution in [0.2, 0.25) is 5.02 Å². The van der Waals surface area contributed by atoms with Crippen LogP contribution in [0, 0.1) is 0 Å². The van der Waals surface area contributed by atoms with E-state index in [1.807, 2.05) is 6.26 Å². The molecule has 7 nitrogen and oxygen atoms in total. The molecule has 2 aromatic rings. The molecular formula is C21H23ClF3N5O2S. The highest BCUT2D eigenvalue weighted by atomic mass is 35.5. The molecule has 2 amide bonds. The summed E-state index contributed by atoms with van der Waals surface area (Å²) in [7, 11) is 0. The van der Waals surface area contributed by atoms with Gasteiger partial charge < -0.3 is 10.2 Å². The Labute approximate surface area is 198 Å². The molecule has 33 heavy (non-hydrogen) atoms. The smallest absolute Gasteiger partial charge is 0.338 e. The van der Waals surface area contributed by atoms with Crippen LogP contribution in [-0.4, -0.2) is 63.3 Å². The first-order valence-corrected chi connectivity index (χ1v) is 12.2. The second-order valence-corrected chi connectivity index (χ2v) is 9.56. The van der Waals surface area contributed by atoms with Crippen LogP contribution in [0.25, 0.3) is 5.69 Å². The number of nitrogens with one attached hydrogen (secondary N) is 2. The highest BCUT2D eigenvalue weighted by Gasteiger charge is 2.47. The van der Waals surface area contributed by atoms with Crippen LogP contribution in [0.3, 0.4) is 0 Å². The number of hydrogen-bond donors (Lipinski definition) is 2. The van der Waals surface area contributed by atoms with E-state index in [0.29, 0.717) is 29.0 Å². The minimum absolute atomic E-state index is 0.0765. The number of likely N-dealkylation sites (tertiary alicyclic amines) is 1. The normalized spacial score (nSPS) is 20.3. The summed E-state index contributed by atoms with van der Waals surface area (Å²) in [6, 6.07) is 5.44. The molecular weight excluding hydrogens is 479 g/mol. The van der Waals surface area contributed by atoms with Crippen LogP contribution in [0.5, 0.6) is 0 Å². The molecule has 1 atom stereocenters. The quantitative estimate of drug-likeness (QED) is 0.657. The van der Waals surface area contributed by atoms with E-state index in [0.717, 1.165) is 11.9 Å². The van der Waals surface area contributed by atoms with E-state index in [1.54, 1.807) is 11.8 Å². The number of halogens is 4. The van der Waals surface area contributed by atoms with Gasteiger partial charge in [-0.25, -0.2) is 4.68 Å². The van der Waals surface area contributed by atoms with Gasteiger partial charge in [-0.15, -0.1) is 0 Å². The monoisotopic (exact) mass is 501 g/mol. The lowest BCUT2D eigenvalue weighted by Crippen LogP contribution is -2.58. The number of nitrogens with zero attached hydrogens (tertiary/aromatic N) is 3. The molecule has 0 saturated carbocycles. The fourth-order valence-electron chi connectivity index (χ4n) is 4.28. The summed E-state index contributed by atoms with van der Waals surface area (Å²) >= 11 is 7.49. The molecule has 0 bridgehead atoms. The van der Waals surface area contributed by atoms with Gasteiger partial charge >= 0.3 is 6.18 Å². The Morgan fingerprint density at radius 2 is 1.94 bits per heavy atom. The topological polar surface area (TPSA) is 79.3 Å². The first kappa shape index (κ1) is 23.9. The number of piperidine rings is 1. The van der Waals surface area contributed by atoms with Gasteiger partial charge in [-0.1, -0.05) is 11.6 Å². The van der Waals surface area contributed by atoms with Gasteiger partial charge in [0.05, 0.1) is 29.2 Å². The number of carbonyl (C=O) groups excluding carboxylic acids is 2. The zero-order chi connectivity index (χ0) is 23.8. The van der Waals surface area contributed by atoms with Crippen molar-refractivity contribution in [2.75, 3.05) is 25.1 Å². The van der Waals surface area contributed by atoms with Crippen LogP contribution < -0.4 is 10.6 Å². The molecule has 2 N–H and O–H groups in total. The number of rotatable bonds is 5. The van der Waals surface area contributed by atoms with E-state index < -0.39 is 29.0 Å². The molecule has 4 rings (SSSR count). The van der Waals surface area contributed by atoms with Gasteiger partial charge in [-0.3, -0.25) is 14.9 Å². The second-order valence-electron chi connectivity index (χ2n) is 8.13. The molecule has 3 heterocycles. The summed E-state index contributed by atoms with van der Waals surface area (Å²) in [5.41, 5.74) is -2.11. The number of hydrogen-bond acceptors (Lipinski definition) is 5. The van der Waals surface area contributed by atoms with Crippen molar-refractivity contribution < 1.29 is 22.8 Å². The summed E-state index contributed by atoms with van der Waals surface area (Å²) in [6.45, 7) is 0.426. The van der Waals surface area contributed by atoms with Crippen LogP contribution in [0.4, 0.5) is 13.2 Å². The SMILES string of the molecule is CSCCC1NC2(CCN(C(=O)c3cnn(-c4ccc(Cl)cc4)c3C(F)(F)F)CC2)NC1=O. The van der Waals surface area contributed by atoms with Crippen molar-refractivity contribution in [2.45, 2.75) is 37.1 Å². The average molecular weight is 502 g/mol. The molecule has 2 aliphatic rings. The van der Waals surface area contributed by atoms with Crippen molar-refractivity contribution in [2.24, 2.45) is 0 Å². The van der Waals surface area contributed by atoms with Crippen LogP contribution >= 0.6 is 23.4 Å². The van der Waals surface area contributed by atoms with Crippen LogP contribution in [0.15, 0.2) is 30.5 Å². The molecule has 178 valence electrons. The van der Waals surface area contributed by atoms with Crippen LogP contribution in [-0.2, 0) is 11.0 Å². The molecule has 2 saturated heterocycles. The van der Waals surface area contributed by atoms with Gasteiger partial charge in [0.1, 0.15) is 0 Å². The van der Waals surface area contributed by atoms with E-state index in [1.165, 1.54) is 29.2 Å². The van der Waals surface area contributed by atoms with Gasteiger partial charge in [-0.05, 0) is 42.7 Å². The third-order valence-electron chi connectivity index (χ3n) is 5.98. The minimum atomic E-state index is -4.79. The van der Waals surface area contributed by atoms with E-state index in [2.05, 4.69) is 15.7 Å². The number of benzene rings is 1. The van der Waals surface area contributed by atoms with E-state index >= 15 is 0 Å². The van der Waals surface area contributed by atoms with Gasteiger partial charge in [0.25, 0.3) is 5.91 Å². The Hall–Kier alpha value is -2.24. The third-order valence-corrected chi connectivity index (χ3v) is 6.88. The Kier molecular flexibility index (Phi) is 6.66. The van der Waals surface area contributed by atoms with Crippen molar-refractivity contribution in [1.82, 2.24) is 25.3 Å². The number of aromatic nitrogens is 2. The van der Waals surface area contributed by atoms with Crippen molar-refractivity contribution in [1.29, 1.82) is 0 Å². The number of carbonyl (C=O) groups is 2. The largest absolute Gasteiger partial charge is 0.434 e. The fraction of sp³-hybridized carbons (Fsp3) is 0.476. The van der Waals surface area contributed by atoms with Gasteiger partial charge in [-0.2, -0.15) is 30.0 Å². The predicted octanol–water partition coefficient (Wildman–Crippen LogP) is 3.32. The van der Waals surface area contributed by atoms with Crippen molar-refractivity contribution in [3.63, 3.8) is 0 Å². The summed E-state index contributed by atoms with van der Waals surface area (Å²) in [5, 5.41) is 10.6. The van der Waals surface area contributed by atoms with Crippen molar-refractivity contribution in [3.8, 4) is 5.69 Å². The maximum absolute atomic E-state index is 13.9. The van der Waals surface area contributed by atoms with E-state index in [9.17, 15) is 22.8 Å². The lowest BCUT2D eigenvalue weighted by molar-refractivity contribution is -0.143. The highest BCUT2D eigenvalue weighted by Crippen LogP contribution is 2.35. The summed E-state index contributed by atoms with van der Waals surface area (Å²) in [6.07, 6.45) is -0.352. The van der Waals surface area contributed by atoms with Gasteiger partial charge in [0.15, 0.2) is 5.69 Å². The van der Waals surface area contributed by atoms with Crippen LogP contribution in [0.1, 0.15) is 35.3 Å². The average Bonchev–Trinajstić information content (AvgIpc) is 3.35. The number of thioether (sulfide) groups is 1. The zero-order valence-corrected chi connectivity index (χ0v) is 19.4. The van der Waals surface area contributed by atoms with Crippen molar-refractivity contribution >= 4 is 35.2 Å². The lowest BCUT2D eigenvalue weighted by atomic mass is 9.97. The number of alkyl halides is 3.